The third kappa shape index (κ3) is 25.2. The molecule has 3 saturated carbocycles. The van der Waals surface area contributed by atoms with E-state index in [1.165, 1.54) is 65.2 Å². The maximum atomic E-state index is 13.5. The molecule has 3 aromatic carbocycles. The maximum Gasteiger partial charge on any atom is 0.411 e. The molecule has 0 radical (unpaired) electrons. The zero-order valence-electron chi connectivity index (χ0n) is 72.9. The highest BCUT2D eigenvalue weighted by Gasteiger charge is 2.65. The van der Waals surface area contributed by atoms with Crippen LogP contribution in [0, 0.1) is 17.8 Å². The van der Waals surface area contributed by atoms with Crippen molar-refractivity contribution in [3.05, 3.63) is 182 Å². The Morgan fingerprint density at radius 1 is 0.468 bits per heavy atom. The lowest BCUT2D eigenvalue weighted by Crippen LogP contribution is -2.53. The molecule has 0 unspecified atom stereocenters. The normalized spacial score (nSPS) is 24.3. The number of carbonyl (C=O) groups is 12. The number of nitrogens with zero attached hydrogens (tertiary/aromatic N) is 9. The number of imidazole rings is 2. The zero-order chi connectivity index (χ0) is 90.2. The molecule has 3 saturated heterocycles. The van der Waals surface area contributed by atoms with Gasteiger partial charge in [0, 0.05) is 94.5 Å². The van der Waals surface area contributed by atoms with Crippen LogP contribution in [0.3, 0.4) is 0 Å². The van der Waals surface area contributed by atoms with Crippen molar-refractivity contribution in [2.45, 2.75) is 245 Å². The molecule has 8 amide bonds. The van der Waals surface area contributed by atoms with Crippen LogP contribution in [0.15, 0.2) is 148 Å². The van der Waals surface area contributed by atoms with Gasteiger partial charge in [0.25, 0.3) is 0 Å². The van der Waals surface area contributed by atoms with Gasteiger partial charge in [0.15, 0.2) is 0 Å². The Labute approximate surface area is 737 Å². The highest BCUT2D eigenvalue weighted by molar-refractivity contribution is 5.97. The van der Waals surface area contributed by atoms with E-state index in [0.29, 0.717) is 45.4 Å². The minimum absolute atomic E-state index is 0. The molecule has 14 rings (SSSR count). The van der Waals surface area contributed by atoms with Crippen LogP contribution in [-0.2, 0) is 106 Å². The summed E-state index contributed by atoms with van der Waals surface area (Å²) in [5.41, 5.74) is 1.70. The molecule has 9 aliphatic rings. The van der Waals surface area contributed by atoms with Gasteiger partial charge < -0.3 is 74.1 Å². The number of ether oxygens (including phenoxy) is 8. The third-order valence-electron chi connectivity index (χ3n) is 22.2. The van der Waals surface area contributed by atoms with Crippen molar-refractivity contribution in [2.24, 2.45) is 17.8 Å². The summed E-state index contributed by atoms with van der Waals surface area (Å²) in [6.45, 7) is 36.5. The van der Waals surface area contributed by atoms with E-state index in [1.807, 2.05) is 36.4 Å². The first-order valence-electron chi connectivity index (χ1n) is 42.2. The van der Waals surface area contributed by atoms with Crippen molar-refractivity contribution in [3.63, 3.8) is 0 Å². The molecule has 34 heteroatoms. The lowest BCUT2D eigenvalue weighted by Gasteiger charge is -2.29. The van der Waals surface area contributed by atoms with Gasteiger partial charge >= 0.3 is 54.4 Å². The number of aromatic nitrogens is 4. The van der Waals surface area contributed by atoms with E-state index in [-0.39, 0.29) is 97.4 Å². The summed E-state index contributed by atoms with van der Waals surface area (Å²) in [5.74, 6) is -3.90. The molecule has 12 atom stereocenters. The molecule has 34 nitrogen and oxygen atoms in total. The van der Waals surface area contributed by atoms with Crippen LogP contribution in [-0.4, -0.2) is 250 Å². The summed E-state index contributed by atoms with van der Waals surface area (Å²) >= 11 is 0. The third-order valence-corrected chi connectivity index (χ3v) is 22.2. The van der Waals surface area contributed by atoms with Gasteiger partial charge in [-0.1, -0.05) is 106 Å². The summed E-state index contributed by atoms with van der Waals surface area (Å²) in [5, 5.41) is 21.6. The second-order valence-corrected chi connectivity index (χ2v) is 34.8. The van der Waals surface area contributed by atoms with Gasteiger partial charge in [-0.25, -0.2) is 53.1 Å². The van der Waals surface area contributed by atoms with E-state index in [1.54, 1.807) is 136 Å². The molecule has 126 heavy (non-hydrogen) atoms. The first kappa shape index (κ1) is 99.5. The molecule has 0 bridgehead atoms. The van der Waals surface area contributed by atoms with Crippen LogP contribution in [0.5, 0.6) is 0 Å². The second kappa shape index (κ2) is 42.8. The molecule has 6 fully saturated rings. The number of carbonyl (C=O) groups excluding carboxylic acids is 12. The summed E-state index contributed by atoms with van der Waals surface area (Å²) in [7, 11) is 0. The van der Waals surface area contributed by atoms with Crippen LogP contribution in [0.2, 0.25) is 0 Å². The van der Waals surface area contributed by atoms with Gasteiger partial charge in [0.1, 0.15) is 76.4 Å². The number of aliphatic hydroxyl groups excluding tert-OH is 1. The fourth-order valence-electron chi connectivity index (χ4n) is 15.6. The van der Waals surface area contributed by atoms with Gasteiger partial charge in [0.2, 0.25) is 17.7 Å². The van der Waals surface area contributed by atoms with Crippen LogP contribution >= 0.6 is 0 Å². The first-order valence-corrected chi connectivity index (χ1v) is 42.2. The number of likely N-dealkylation sites (tertiary alicyclic amines) is 3. The van der Waals surface area contributed by atoms with Crippen molar-refractivity contribution in [1.82, 2.24) is 64.9 Å². The number of amides is 8. The van der Waals surface area contributed by atoms with Crippen molar-refractivity contribution in [1.29, 1.82) is 0 Å². The molecule has 6 aliphatic heterocycles. The predicted octanol–water partition coefficient (Wildman–Crippen LogP) is 10.5. The summed E-state index contributed by atoms with van der Waals surface area (Å²) in [6, 6.07) is 21.5. The minimum atomic E-state index is -1.20. The Kier molecular flexibility index (Phi) is 33.8. The molecule has 5 aromatic rings. The first-order chi connectivity index (χ1) is 58.8. The number of aliphatic hydroxyl groups is 1. The molecular formula is C92H127N13O21. The van der Waals surface area contributed by atoms with Crippen LogP contribution in [0.1, 0.15) is 170 Å². The van der Waals surface area contributed by atoms with Gasteiger partial charge in [-0.05, 0) is 162 Å². The molecule has 686 valence electrons. The van der Waals surface area contributed by atoms with E-state index < -0.39 is 136 Å². The quantitative estimate of drug-likeness (QED) is 0.0328. The largest absolute Gasteiger partial charge is 0.464 e. The van der Waals surface area contributed by atoms with Crippen molar-refractivity contribution < 1.29 is 101 Å². The van der Waals surface area contributed by atoms with Crippen LogP contribution in [0.4, 0.5) is 28.8 Å². The van der Waals surface area contributed by atoms with E-state index in [2.05, 4.69) is 87.4 Å². The van der Waals surface area contributed by atoms with E-state index >= 15 is 0 Å². The highest BCUT2D eigenvalue weighted by Crippen LogP contribution is 2.48. The highest BCUT2D eigenvalue weighted by atomic mass is 16.6. The predicted molar refractivity (Wildman–Crippen MR) is 465 cm³/mol. The van der Waals surface area contributed by atoms with E-state index in [0.717, 1.165) is 37.1 Å². The van der Waals surface area contributed by atoms with Gasteiger partial charge in [-0.15, -0.1) is 19.7 Å². The maximum absolute atomic E-state index is 13.5. The number of β-amino-alcohol motifs (C(OH)–C–C–N with tert-alkyl or cyclic N) is 1. The molecule has 5 N–H and O–H groups in total. The van der Waals surface area contributed by atoms with Gasteiger partial charge in [-0.2, -0.15) is 0 Å². The number of hydrogen-bond acceptors (Lipinski definition) is 24. The molecule has 3 aliphatic carbocycles. The molecule has 0 spiro atoms. The summed E-state index contributed by atoms with van der Waals surface area (Å²) in [6.07, 6.45) is 12.7. The van der Waals surface area contributed by atoms with Gasteiger partial charge in [0.05, 0.1) is 45.6 Å². The lowest BCUT2D eigenvalue weighted by molar-refractivity contribution is -0.150. The Hall–Kier alpha value is -11.9. The zero-order valence-corrected chi connectivity index (χ0v) is 72.9. The van der Waals surface area contributed by atoms with Crippen LogP contribution in [0.25, 0.3) is 0 Å². The fraction of sp³-hybridized carbons (Fsp3) is 0.543. The van der Waals surface area contributed by atoms with Crippen molar-refractivity contribution in [2.75, 3.05) is 59.1 Å². The molecular weight excluding hydrogens is 1620 g/mol. The van der Waals surface area contributed by atoms with Crippen molar-refractivity contribution >= 4 is 72.1 Å². The number of fused-ring (bicyclic) bond motifs is 3. The number of nitrogens with one attached hydrogen (secondary N) is 4. The van der Waals surface area contributed by atoms with E-state index in [4.69, 9.17) is 37.9 Å². The second-order valence-electron chi connectivity index (χ2n) is 34.8. The average Bonchev–Trinajstić information content (AvgIpc) is 1.59. The number of benzene rings is 3. The number of esters is 3. The topological polar surface area (TPSA) is 399 Å². The van der Waals surface area contributed by atoms with Gasteiger partial charge in [-0.3, -0.25) is 38.2 Å². The van der Waals surface area contributed by atoms with E-state index in [9.17, 15) is 62.6 Å². The summed E-state index contributed by atoms with van der Waals surface area (Å²) in [4.78, 5) is 168. The lowest BCUT2D eigenvalue weighted by atomic mass is 10.0. The Morgan fingerprint density at radius 3 is 1.10 bits per heavy atom. The Balaban J connectivity index is 0.000000208. The van der Waals surface area contributed by atoms with Crippen molar-refractivity contribution in [3.8, 4) is 0 Å². The SMILES string of the molecule is C.C.C=C[C@@H]1C[C@]1(NC(=O)[C@@H]1C[C@@H](OC(=O)N2CCc3ccccc3C2)CN1C(=O)OC(C)(C)C)C(=O)OCC.C=C[C@H]1C[C@@]1(NC(=O)[C@@H]1C[C@@H](O)CN1C(=O)OC(C)(C)C)C(=O)OCC.C=C[C@H]1C[C@@]1(NC(=O)[C@@H]1C[C@@H](OC(=O)N2CCc3ccccc3C2)CN1C(=O)OC(C)(C)C)C(=O)OCC.O=C(n1ccnc1)n1ccnc1.c1ccc2c(c1)CCNC2. The molecule has 8 heterocycles. The average molecular weight is 1750 g/mol. The van der Waals surface area contributed by atoms with Crippen LogP contribution < -0.4 is 21.3 Å². The number of rotatable bonds is 17. The summed E-state index contributed by atoms with van der Waals surface area (Å²) < 4.78 is 46.1. The fourth-order valence-corrected chi connectivity index (χ4v) is 15.6. The number of hydrogen-bond donors (Lipinski definition) is 5. The standard InChI is InChI=1S/2C28H37N3O7.C18H28N2O6.C9H11N.C7H6N4O.2CH4/c2*1-6-20-15-28(20,24(33)36-7-2)29-23(32)22-14-21(17-31(22)26(35)38-27(3,4)5)37-25(34)30-13-12-18-10-8-9-11-19(18)16-30;1-6-11-9-18(11,15(23)25-7-2)19-14(22)13-8-12(21)10-20(13)16(24)26-17(3,4)5;1-2-4-9-7-10-6-5-8(9)3-1;12-7(10-3-1-8-5-10)11-4-2-9-6-11;;/h2*6,8-11,20-22H,1,7,12-17H2,2-5H3,(H,29,32);6,11-13,21H,1,7-10H2,2-5H3,(H,19,22);1-4,10H,5-7H2;1-6H;2*1H4/t20-,21+,22-,28-;20-,21-,22+,28-;11-,12+,13-,18-;;;;/m010..../s1. The smallest absolute Gasteiger partial charge is 0.411 e. The monoisotopic (exact) mass is 1750 g/mol. The Bertz CT molecular complexity index is 4460. The Morgan fingerprint density at radius 2 is 0.794 bits per heavy atom. The minimum Gasteiger partial charge on any atom is -0.464 e. The molecule has 2 aromatic heterocycles.